The third kappa shape index (κ3) is 2.62. The molecule has 0 saturated heterocycles. The van der Waals surface area contributed by atoms with Crippen molar-refractivity contribution in [3.8, 4) is 5.75 Å². The second-order valence-corrected chi connectivity index (χ2v) is 4.59. The number of hydrogen-bond donors (Lipinski definition) is 2. The van der Waals surface area contributed by atoms with Crippen molar-refractivity contribution in [2.75, 3.05) is 13.7 Å². The number of ether oxygens (including phenoxy) is 2. The largest absolute Gasteiger partial charge is 0.497 e. The first kappa shape index (κ1) is 12.4. The SMILES string of the molecule is COc1ccc(Br)c(C(NN)C2=CCCO2)c1. The Morgan fingerprint density at radius 2 is 2.35 bits per heavy atom. The summed E-state index contributed by atoms with van der Waals surface area (Å²) in [7, 11) is 1.64. The van der Waals surface area contributed by atoms with Crippen LogP contribution in [0, 0.1) is 0 Å². The van der Waals surface area contributed by atoms with Gasteiger partial charge in [-0.3, -0.25) is 5.84 Å². The molecule has 5 heteroatoms. The summed E-state index contributed by atoms with van der Waals surface area (Å²) in [5.41, 5.74) is 3.77. The molecule has 0 aromatic heterocycles. The van der Waals surface area contributed by atoms with E-state index in [2.05, 4.69) is 27.4 Å². The number of halogens is 1. The van der Waals surface area contributed by atoms with Crippen molar-refractivity contribution in [1.82, 2.24) is 5.43 Å². The fourth-order valence-electron chi connectivity index (χ4n) is 1.83. The smallest absolute Gasteiger partial charge is 0.119 e. The van der Waals surface area contributed by atoms with Gasteiger partial charge in [-0.1, -0.05) is 15.9 Å². The second kappa shape index (κ2) is 5.53. The molecule has 4 nitrogen and oxygen atoms in total. The normalized spacial score (nSPS) is 16.3. The number of nitrogens with one attached hydrogen (secondary N) is 1. The van der Waals surface area contributed by atoms with Crippen molar-refractivity contribution in [2.24, 2.45) is 5.84 Å². The van der Waals surface area contributed by atoms with Crippen LogP contribution >= 0.6 is 15.9 Å². The molecule has 0 fully saturated rings. The molecule has 92 valence electrons. The summed E-state index contributed by atoms with van der Waals surface area (Å²) >= 11 is 3.51. The van der Waals surface area contributed by atoms with E-state index in [9.17, 15) is 0 Å². The third-order valence-corrected chi connectivity index (χ3v) is 3.42. The number of benzene rings is 1. The van der Waals surface area contributed by atoms with Gasteiger partial charge in [-0.15, -0.1) is 0 Å². The Morgan fingerprint density at radius 3 is 2.94 bits per heavy atom. The zero-order chi connectivity index (χ0) is 12.3. The Kier molecular flexibility index (Phi) is 4.04. The highest BCUT2D eigenvalue weighted by Crippen LogP contribution is 2.33. The van der Waals surface area contributed by atoms with Crippen LogP contribution in [0.25, 0.3) is 0 Å². The molecule has 1 aromatic carbocycles. The molecule has 0 bridgehead atoms. The Labute approximate surface area is 109 Å². The second-order valence-electron chi connectivity index (χ2n) is 3.73. The molecule has 1 aliphatic heterocycles. The van der Waals surface area contributed by atoms with Crippen molar-refractivity contribution < 1.29 is 9.47 Å². The van der Waals surface area contributed by atoms with E-state index in [0.717, 1.165) is 34.6 Å². The van der Waals surface area contributed by atoms with Crippen LogP contribution in [0.1, 0.15) is 18.0 Å². The molecule has 1 aliphatic rings. The lowest BCUT2D eigenvalue weighted by Crippen LogP contribution is -2.30. The van der Waals surface area contributed by atoms with Crippen LogP contribution in [0.15, 0.2) is 34.5 Å². The highest BCUT2D eigenvalue weighted by atomic mass is 79.9. The van der Waals surface area contributed by atoms with Gasteiger partial charge in [0.05, 0.1) is 13.7 Å². The van der Waals surface area contributed by atoms with E-state index in [1.165, 1.54) is 0 Å². The molecule has 3 N–H and O–H groups in total. The average Bonchev–Trinajstić information content (AvgIpc) is 2.86. The molecule has 17 heavy (non-hydrogen) atoms. The summed E-state index contributed by atoms with van der Waals surface area (Å²) in [5.74, 6) is 7.27. The maximum Gasteiger partial charge on any atom is 0.119 e. The van der Waals surface area contributed by atoms with Crippen molar-refractivity contribution in [3.63, 3.8) is 0 Å². The fraction of sp³-hybridized carbons (Fsp3) is 0.333. The van der Waals surface area contributed by atoms with E-state index in [4.69, 9.17) is 15.3 Å². The lowest BCUT2D eigenvalue weighted by atomic mass is 10.1. The zero-order valence-electron chi connectivity index (χ0n) is 9.57. The summed E-state index contributed by atoms with van der Waals surface area (Å²) in [4.78, 5) is 0. The summed E-state index contributed by atoms with van der Waals surface area (Å²) in [5, 5.41) is 0. The lowest BCUT2D eigenvalue weighted by molar-refractivity contribution is 0.215. The van der Waals surface area contributed by atoms with Gasteiger partial charge in [0.25, 0.3) is 0 Å². The van der Waals surface area contributed by atoms with Crippen LogP contribution < -0.4 is 16.0 Å². The lowest BCUT2D eigenvalue weighted by Gasteiger charge is -2.19. The first-order valence-corrected chi connectivity index (χ1v) is 6.18. The fourth-order valence-corrected chi connectivity index (χ4v) is 2.31. The van der Waals surface area contributed by atoms with E-state index in [0.29, 0.717) is 0 Å². The van der Waals surface area contributed by atoms with Crippen LogP contribution in [0.4, 0.5) is 0 Å². The van der Waals surface area contributed by atoms with Crippen molar-refractivity contribution >= 4 is 15.9 Å². The van der Waals surface area contributed by atoms with E-state index in [-0.39, 0.29) is 6.04 Å². The van der Waals surface area contributed by atoms with Gasteiger partial charge >= 0.3 is 0 Å². The minimum absolute atomic E-state index is 0.151. The molecule has 0 radical (unpaired) electrons. The van der Waals surface area contributed by atoms with Gasteiger partial charge in [0, 0.05) is 10.9 Å². The van der Waals surface area contributed by atoms with Crippen molar-refractivity contribution in [2.45, 2.75) is 12.5 Å². The Hall–Kier alpha value is -1.04. The summed E-state index contributed by atoms with van der Waals surface area (Å²) in [6.07, 6.45) is 2.98. The van der Waals surface area contributed by atoms with Gasteiger partial charge in [-0.25, -0.2) is 5.43 Å². The number of rotatable bonds is 4. The number of hydrogen-bond acceptors (Lipinski definition) is 4. The maximum atomic E-state index is 5.61. The third-order valence-electron chi connectivity index (χ3n) is 2.70. The molecule has 2 rings (SSSR count). The van der Waals surface area contributed by atoms with Crippen molar-refractivity contribution in [1.29, 1.82) is 0 Å². The summed E-state index contributed by atoms with van der Waals surface area (Å²) in [6, 6.07) is 5.62. The maximum absolute atomic E-state index is 5.61. The van der Waals surface area contributed by atoms with Gasteiger partial charge in [-0.05, 0) is 29.8 Å². The van der Waals surface area contributed by atoms with E-state index in [1.807, 2.05) is 18.2 Å². The summed E-state index contributed by atoms with van der Waals surface area (Å²) < 4.78 is 11.7. The molecule has 0 spiro atoms. The number of hydrazine groups is 1. The van der Waals surface area contributed by atoms with E-state index >= 15 is 0 Å². The van der Waals surface area contributed by atoms with Crippen LogP contribution in [-0.4, -0.2) is 13.7 Å². The molecule has 1 heterocycles. The topological polar surface area (TPSA) is 56.5 Å². The van der Waals surface area contributed by atoms with Gasteiger partial charge in [0.1, 0.15) is 17.6 Å². The van der Waals surface area contributed by atoms with Gasteiger partial charge in [-0.2, -0.15) is 0 Å². The molecule has 0 aliphatic carbocycles. The van der Waals surface area contributed by atoms with Crippen LogP contribution in [0.2, 0.25) is 0 Å². The van der Waals surface area contributed by atoms with Crippen LogP contribution in [-0.2, 0) is 4.74 Å². The van der Waals surface area contributed by atoms with Crippen LogP contribution in [0.3, 0.4) is 0 Å². The molecule has 1 unspecified atom stereocenters. The molecular formula is C12H15BrN2O2. The first-order chi connectivity index (χ1) is 8.26. The minimum atomic E-state index is -0.151. The monoisotopic (exact) mass is 298 g/mol. The van der Waals surface area contributed by atoms with Crippen molar-refractivity contribution in [3.05, 3.63) is 40.1 Å². The Bertz CT molecular complexity index is 435. The van der Waals surface area contributed by atoms with Gasteiger partial charge in [0.2, 0.25) is 0 Å². The highest BCUT2D eigenvalue weighted by molar-refractivity contribution is 9.10. The molecule has 0 amide bonds. The first-order valence-electron chi connectivity index (χ1n) is 5.38. The quantitative estimate of drug-likeness (QED) is 0.661. The van der Waals surface area contributed by atoms with Crippen LogP contribution in [0.5, 0.6) is 5.75 Å². The number of nitrogens with two attached hydrogens (primary N) is 1. The zero-order valence-corrected chi connectivity index (χ0v) is 11.2. The molecule has 1 aromatic rings. The van der Waals surface area contributed by atoms with Gasteiger partial charge in [0.15, 0.2) is 0 Å². The minimum Gasteiger partial charge on any atom is -0.497 e. The molecular weight excluding hydrogens is 284 g/mol. The standard InChI is InChI=1S/C12H15BrN2O2/c1-16-8-4-5-10(13)9(7-8)12(15-14)11-3-2-6-17-11/h3-5,7,12,15H,2,6,14H2,1H3. The molecule has 0 saturated carbocycles. The Morgan fingerprint density at radius 1 is 1.53 bits per heavy atom. The predicted molar refractivity (Wildman–Crippen MR) is 69.4 cm³/mol. The van der Waals surface area contributed by atoms with E-state index < -0.39 is 0 Å². The summed E-state index contributed by atoms with van der Waals surface area (Å²) in [6.45, 7) is 0.717. The average molecular weight is 299 g/mol. The molecule has 1 atom stereocenters. The number of methoxy groups -OCH3 is 1. The van der Waals surface area contributed by atoms with Gasteiger partial charge < -0.3 is 9.47 Å². The Balaban J connectivity index is 2.35. The van der Waals surface area contributed by atoms with E-state index in [1.54, 1.807) is 7.11 Å². The predicted octanol–water partition coefficient (Wildman–Crippen LogP) is 2.27. The highest BCUT2D eigenvalue weighted by Gasteiger charge is 2.22.